The molecule has 1 N–H and O–H groups in total. The Balaban J connectivity index is 2.63. The second-order valence-corrected chi connectivity index (χ2v) is 6.61. The first-order valence-corrected chi connectivity index (χ1v) is 7.11. The van der Waals surface area contributed by atoms with Crippen LogP contribution >= 0.6 is 0 Å². The minimum absolute atomic E-state index is 0.0273. The van der Waals surface area contributed by atoms with Crippen LogP contribution in [0, 0.1) is 5.92 Å². The van der Waals surface area contributed by atoms with Gasteiger partial charge in [-0.25, -0.2) is 12.7 Å². The van der Waals surface area contributed by atoms with Crippen LogP contribution in [0.15, 0.2) is 0 Å². The second kappa shape index (κ2) is 5.14. The molecule has 1 rings (SSSR count). The molecule has 0 spiro atoms. The maximum Gasteiger partial charge on any atom is 0.320 e. The van der Waals surface area contributed by atoms with E-state index < -0.39 is 21.7 Å². The van der Waals surface area contributed by atoms with Crippen molar-refractivity contribution in [2.75, 3.05) is 12.8 Å². The normalized spacial score (nSPS) is 26.9. The van der Waals surface area contributed by atoms with E-state index in [2.05, 4.69) is 6.92 Å². The SMILES string of the molecule is CC1CCC(N(C)S(=O)(=O)CC(=O)O)CC1. The summed E-state index contributed by atoms with van der Waals surface area (Å²) in [6, 6.07) is -0.0273. The van der Waals surface area contributed by atoms with Crippen LogP contribution in [0.5, 0.6) is 0 Å². The monoisotopic (exact) mass is 249 g/mol. The summed E-state index contributed by atoms with van der Waals surface area (Å²) in [5.74, 6) is -1.46. The zero-order chi connectivity index (χ0) is 12.3. The van der Waals surface area contributed by atoms with Gasteiger partial charge in [0.25, 0.3) is 0 Å². The van der Waals surface area contributed by atoms with Crippen molar-refractivity contribution in [1.29, 1.82) is 0 Å². The van der Waals surface area contributed by atoms with Crippen LogP contribution in [-0.2, 0) is 14.8 Å². The summed E-state index contributed by atoms with van der Waals surface area (Å²) in [4.78, 5) is 10.4. The molecule has 0 aromatic rings. The van der Waals surface area contributed by atoms with Crippen LogP contribution < -0.4 is 0 Å². The molecule has 0 heterocycles. The van der Waals surface area contributed by atoms with Crippen molar-refractivity contribution in [1.82, 2.24) is 4.31 Å². The zero-order valence-electron chi connectivity index (χ0n) is 9.72. The minimum atomic E-state index is -3.64. The number of hydrogen-bond donors (Lipinski definition) is 1. The molecule has 1 aliphatic rings. The Hall–Kier alpha value is -0.620. The molecule has 6 heteroatoms. The van der Waals surface area contributed by atoms with Crippen LogP contribution in [0.1, 0.15) is 32.6 Å². The first-order valence-electron chi connectivity index (χ1n) is 5.50. The van der Waals surface area contributed by atoms with Crippen molar-refractivity contribution in [3.8, 4) is 0 Å². The van der Waals surface area contributed by atoms with Crippen LogP contribution in [-0.4, -0.2) is 42.6 Å². The van der Waals surface area contributed by atoms with E-state index in [4.69, 9.17) is 5.11 Å². The van der Waals surface area contributed by atoms with Gasteiger partial charge in [-0.1, -0.05) is 6.92 Å². The van der Waals surface area contributed by atoms with Gasteiger partial charge < -0.3 is 5.11 Å². The Labute approximate surface area is 96.5 Å². The molecular weight excluding hydrogens is 230 g/mol. The predicted octanol–water partition coefficient (Wildman–Crippen LogP) is 0.911. The number of carboxylic acid groups (broad SMARTS) is 1. The first-order chi connectivity index (χ1) is 7.33. The standard InChI is InChI=1S/C10H19NO4S/c1-8-3-5-9(6-4-8)11(2)16(14,15)7-10(12)13/h8-9H,3-7H2,1-2H3,(H,12,13). The summed E-state index contributed by atoms with van der Waals surface area (Å²) >= 11 is 0. The first kappa shape index (κ1) is 13.4. The molecule has 1 aliphatic carbocycles. The Morgan fingerprint density at radius 1 is 1.31 bits per heavy atom. The fourth-order valence-electron chi connectivity index (χ4n) is 2.09. The molecule has 0 saturated heterocycles. The molecule has 5 nitrogen and oxygen atoms in total. The average molecular weight is 249 g/mol. The van der Waals surface area contributed by atoms with Crippen LogP contribution in [0.25, 0.3) is 0 Å². The Bertz CT molecular complexity index is 344. The number of aliphatic carboxylic acids is 1. The van der Waals surface area contributed by atoms with Crippen LogP contribution in [0.3, 0.4) is 0 Å². The number of nitrogens with zero attached hydrogens (tertiary/aromatic N) is 1. The maximum atomic E-state index is 11.7. The molecule has 94 valence electrons. The number of carbonyl (C=O) groups is 1. The van der Waals surface area contributed by atoms with Crippen LogP contribution in [0.2, 0.25) is 0 Å². The summed E-state index contributed by atoms with van der Waals surface area (Å²) in [5.41, 5.74) is 0. The Kier molecular flexibility index (Phi) is 4.32. The predicted molar refractivity (Wildman–Crippen MR) is 60.6 cm³/mol. The highest BCUT2D eigenvalue weighted by Gasteiger charge is 2.30. The molecule has 0 radical (unpaired) electrons. The molecule has 0 unspecified atom stereocenters. The lowest BCUT2D eigenvalue weighted by atomic mass is 9.87. The summed E-state index contributed by atoms with van der Waals surface area (Å²) in [5, 5.41) is 8.53. The molecule has 1 fully saturated rings. The number of hydrogen-bond acceptors (Lipinski definition) is 3. The van der Waals surface area contributed by atoms with Crippen molar-refractivity contribution >= 4 is 16.0 Å². The lowest BCUT2D eigenvalue weighted by molar-refractivity contribution is -0.134. The van der Waals surface area contributed by atoms with E-state index >= 15 is 0 Å². The van der Waals surface area contributed by atoms with Gasteiger partial charge in [0.2, 0.25) is 10.0 Å². The molecule has 1 saturated carbocycles. The van der Waals surface area contributed by atoms with Crippen molar-refractivity contribution in [3.63, 3.8) is 0 Å². The molecule has 16 heavy (non-hydrogen) atoms. The lowest BCUT2D eigenvalue weighted by Crippen LogP contribution is -2.41. The van der Waals surface area contributed by atoms with E-state index in [-0.39, 0.29) is 6.04 Å². The zero-order valence-corrected chi connectivity index (χ0v) is 10.5. The molecule has 0 aromatic carbocycles. The third-order valence-corrected chi connectivity index (χ3v) is 5.03. The Morgan fingerprint density at radius 3 is 2.25 bits per heavy atom. The van der Waals surface area contributed by atoms with E-state index in [1.54, 1.807) is 0 Å². The van der Waals surface area contributed by atoms with Crippen molar-refractivity contribution in [2.24, 2.45) is 5.92 Å². The highest BCUT2D eigenvalue weighted by molar-refractivity contribution is 7.89. The topological polar surface area (TPSA) is 74.7 Å². The van der Waals surface area contributed by atoms with E-state index in [1.165, 1.54) is 11.4 Å². The molecule has 0 aliphatic heterocycles. The van der Waals surface area contributed by atoms with Crippen molar-refractivity contribution in [2.45, 2.75) is 38.6 Å². The minimum Gasteiger partial charge on any atom is -0.480 e. The number of sulfonamides is 1. The summed E-state index contributed by atoms with van der Waals surface area (Å²) in [7, 11) is -2.16. The maximum absolute atomic E-state index is 11.7. The highest BCUT2D eigenvalue weighted by Crippen LogP contribution is 2.27. The van der Waals surface area contributed by atoms with Gasteiger partial charge in [0.1, 0.15) is 0 Å². The second-order valence-electron chi connectivity index (χ2n) is 4.58. The van der Waals surface area contributed by atoms with Gasteiger partial charge in [0.05, 0.1) is 0 Å². The van der Waals surface area contributed by atoms with E-state index in [1.807, 2.05) is 0 Å². The quantitative estimate of drug-likeness (QED) is 0.803. The van der Waals surface area contributed by atoms with Gasteiger partial charge in [-0.15, -0.1) is 0 Å². The summed E-state index contributed by atoms with van der Waals surface area (Å²) in [6.45, 7) is 2.15. The third-order valence-electron chi connectivity index (χ3n) is 3.24. The van der Waals surface area contributed by atoms with Gasteiger partial charge in [-0.05, 0) is 31.6 Å². The molecular formula is C10H19NO4S. The van der Waals surface area contributed by atoms with Crippen LogP contribution in [0.4, 0.5) is 0 Å². The van der Waals surface area contributed by atoms with Gasteiger partial charge in [0, 0.05) is 13.1 Å². The third kappa shape index (κ3) is 3.45. The van der Waals surface area contributed by atoms with Crippen molar-refractivity contribution < 1.29 is 18.3 Å². The summed E-state index contributed by atoms with van der Waals surface area (Å²) in [6.07, 6.45) is 3.68. The largest absolute Gasteiger partial charge is 0.480 e. The number of carboxylic acids is 1. The Morgan fingerprint density at radius 2 is 1.81 bits per heavy atom. The lowest BCUT2D eigenvalue weighted by Gasteiger charge is -2.32. The summed E-state index contributed by atoms with van der Waals surface area (Å²) < 4.78 is 24.6. The molecule has 0 atom stereocenters. The van der Waals surface area contributed by atoms with Gasteiger partial charge in [0.15, 0.2) is 5.75 Å². The molecule has 0 aromatic heterocycles. The van der Waals surface area contributed by atoms with E-state index in [0.29, 0.717) is 5.92 Å². The van der Waals surface area contributed by atoms with Gasteiger partial charge in [-0.3, -0.25) is 4.79 Å². The molecule has 0 bridgehead atoms. The van der Waals surface area contributed by atoms with Crippen molar-refractivity contribution in [3.05, 3.63) is 0 Å². The molecule has 0 amide bonds. The van der Waals surface area contributed by atoms with Gasteiger partial charge >= 0.3 is 5.97 Å². The fraction of sp³-hybridized carbons (Fsp3) is 0.900. The van der Waals surface area contributed by atoms with E-state index in [9.17, 15) is 13.2 Å². The van der Waals surface area contributed by atoms with E-state index in [0.717, 1.165) is 25.7 Å². The highest BCUT2D eigenvalue weighted by atomic mass is 32.2. The smallest absolute Gasteiger partial charge is 0.320 e. The van der Waals surface area contributed by atoms with Gasteiger partial charge in [-0.2, -0.15) is 0 Å². The number of rotatable bonds is 4. The average Bonchev–Trinajstić information content (AvgIpc) is 2.16. The fourth-order valence-corrected chi connectivity index (χ4v) is 3.27.